The third-order valence-corrected chi connectivity index (χ3v) is 3.19. The molecule has 0 radical (unpaired) electrons. The van der Waals surface area contributed by atoms with Crippen molar-refractivity contribution in [1.29, 1.82) is 5.26 Å². The van der Waals surface area contributed by atoms with Crippen molar-refractivity contribution < 1.29 is 9.16 Å². The molecule has 1 atom stereocenters. The Morgan fingerprint density at radius 2 is 1.82 bits per heavy atom. The lowest BCUT2D eigenvalue weighted by Crippen LogP contribution is -2.27. The van der Waals surface area contributed by atoms with E-state index in [1.807, 2.05) is 30.3 Å². The molecule has 0 spiro atoms. The van der Waals surface area contributed by atoms with Crippen LogP contribution < -0.4 is 0 Å². The molecule has 92 valence electrons. The SMILES string of the molecule is C[Si](C)(C)OCCOC(C#N)c1ccccc1. The minimum absolute atomic E-state index is 0.456. The van der Waals surface area contributed by atoms with Crippen LogP contribution in [-0.4, -0.2) is 21.5 Å². The van der Waals surface area contributed by atoms with Crippen molar-refractivity contribution in [1.82, 2.24) is 0 Å². The second kappa shape index (κ2) is 6.55. The first-order valence-electron chi connectivity index (χ1n) is 5.73. The fraction of sp³-hybridized carbons (Fsp3) is 0.462. The quantitative estimate of drug-likeness (QED) is 0.574. The lowest BCUT2D eigenvalue weighted by molar-refractivity contribution is 0.0626. The summed E-state index contributed by atoms with van der Waals surface area (Å²) in [4.78, 5) is 0. The van der Waals surface area contributed by atoms with Gasteiger partial charge in [0.05, 0.1) is 19.3 Å². The van der Waals surface area contributed by atoms with Crippen molar-refractivity contribution in [2.24, 2.45) is 0 Å². The molecule has 0 fully saturated rings. The first kappa shape index (κ1) is 13.9. The molecule has 1 aromatic carbocycles. The largest absolute Gasteiger partial charge is 0.415 e. The number of nitrogens with zero attached hydrogens (tertiary/aromatic N) is 1. The van der Waals surface area contributed by atoms with Crippen LogP contribution in [0.2, 0.25) is 19.6 Å². The second-order valence-corrected chi connectivity index (χ2v) is 9.26. The van der Waals surface area contributed by atoms with Gasteiger partial charge in [0.15, 0.2) is 14.4 Å². The Morgan fingerprint density at radius 1 is 1.18 bits per heavy atom. The molecule has 0 saturated carbocycles. The Kier molecular flexibility index (Phi) is 5.36. The standard InChI is InChI=1S/C13H19NO2Si/c1-17(2,3)16-10-9-15-13(11-14)12-7-5-4-6-8-12/h4-8,13H,9-10H2,1-3H3. The van der Waals surface area contributed by atoms with Crippen molar-refractivity contribution in [3.63, 3.8) is 0 Å². The molecule has 0 aliphatic rings. The molecule has 0 amide bonds. The monoisotopic (exact) mass is 249 g/mol. The third-order valence-electron chi connectivity index (χ3n) is 2.12. The van der Waals surface area contributed by atoms with Crippen LogP contribution in [0.25, 0.3) is 0 Å². The molecule has 1 aromatic rings. The first-order chi connectivity index (χ1) is 8.03. The summed E-state index contributed by atoms with van der Waals surface area (Å²) in [5, 5.41) is 9.03. The van der Waals surface area contributed by atoms with Crippen LogP contribution in [0.5, 0.6) is 0 Å². The van der Waals surface area contributed by atoms with Crippen molar-refractivity contribution in [3.05, 3.63) is 35.9 Å². The first-order valence-corrected chi connectivity index (χ1v) is 9.14. The van der Waals surface area contributed by atoms with E-state index in [1.165, 1.54) is 0 Å². The minimum Gasteiger partial charge on any atom is -0.415 e. The summed E-state index contributed by atoms with van der Waals surface area (Å²) in [6, 6.07) is 11.7. The normalized spacial score (nSPS) is 13.1. The predicted octanol–water partition coefficient (Wildman–Crippen LogP) is 3.12. The van der Waals surface area contributed by atoms with E-state index in [0.29, 0.717) is 13.2 Å². The van der Waals surface area contributed by atoms with Gasteiger partial charge in [0, 0.05) is 0 Å². The molecule has 0 aromatic heterocycles. The Balaban J connectivity index is 2.37. The van der Waals surface area contributed by atoms with Crippen LogP contribution in [0.1, 0.15) is 11.7 Å². The summed E-state index contributed by atoms with van der Waals surface area (Å²) in [6.07, 6.45) is -0.499. The fourth-order valence-electron chi connectivity index (χ4n) is 1.35. The van der Waals surface area contributed by atoms with E-state index in [1.54, 1.807) is 0 Å². The van der Waals surface area contributed by atoms with E-state index in [0.717, 1.165) is 5.56 Å². The van der Waals surface area contributed by atoms with Gasteiger partial charge in [0.1, 0.15) is 0 Å². The zero-order chi connectivity index (χ0) is 12.7. The van der Waals surface area contributed by atoms with Gasteiger partial charge in [-0.1, -0.05) is 30.3 Å². The zero-order valence-electron chi connectivity index (χ0n) is 10.6. The van der Waals surface area contributed by atoms with Crippen molar-refractivity contribution in [3.8, 4) is 6.07 Å². The lowest BCUT2D eigenvalue weighted by atomic mass is 10.1. The third kappa shape index (κ3) is 5.64. The van der Waals surface area contributed by atoms with Gasteiger partial charge < -0.3 is 9.16 Å². The topological polar surface area (TPSA) is 42.2 Å². The molecule has 17 heavy (non-hydrogen) atoms. The number of hydrogen-bond donors (Lipinski definition) is 0. The molecule has 0 bridgehead atoms. The van der Waals surface area contributed by atoms with E-state index in [4.69, 9.17) is 14.4 Å². The van der Waals surface area contributed by atoms with Gasteiger partial charge in [-0.2, -0.15) is 5.26 Å². The minimum atomic E-state index is -1.48. The summed E-state index contributed by atoms with van der Waals surface area (Å²) in [5.41, 5.74) is 0.892. The lowest BCUT2D eigenvalue weighted by Gasteiger charge is -2.18. The highest BCUT2D eigenvalue weighted by Crippen LogP contribution is 2.15. The van der Waals surface area contributed by atoms with Gasteiger partial charge in [0.2, 0.25) is 0 Å². The number of nitriles is 1. The van der Waals surface area contributed by atoms with E-state index < -0.39 is 14.4 Å². The maximum absolute atomic E-state index is 9.03. The molecule has 1 unspecified atom stereocenters. The van der Waals surface area contributed by atoms with E-state index >= 15 is 0 Å². The summed E-state index contributed by atoms with van der Waals surface area (Å²) >= 11 is 0. The average molecular weight is 249 g/mol. The van der Waals surface area contributed by atoms with Crippen LogP contribution in [0.15, 0.2) is 30.3 Å². The maximum atomic E-state index is 9.03. The van der Waals surface area contributed by atoms with Crippen LogP contribution in [0.4, 0.5) is 0 Å². The summed E-state index contributed by atoms with van der Waals surface area (Å²) in [6.45, 7) is 7.40. The van der Waals surface area contributed by atoms with Crippen molar-refractivity contribution in [2.45, 2.75) is 25.7 Å². The van der Waals surface area contributed by atoms with Crippen molar-refractivity contribution in [2.75, 3.05) is 13.2 Å². The molecule has 0 heterocycles. The molecular weight excluding hydrogens is 230 g/mol. The molecule has 3 nitrogen and oxygen atoms in total. The smallest absolute Gasteiger partial charge is 0.183 e. The van der Waals surface area contributed by atoms with Crippen LogP contribution in [0, 0.1) is 11.3 Å². The average Bonchev–Trinajstić information content (AvgIpc) is 2.29. The van der Waals surface area contributed by atoms with Gasteiger partial charge in [-0.3, -0.25) is 0 Å². The van der Waals surface area contributed by atoms with Crippen LogP contribution in [0.3, 0.4) is 0 Å². The van der Waals surface area contributed by atoms with Crippen LogP contribution in [-0.2, 0) is 9.16 Å². The second-order valence-electron chi connectivity index (χ2n) is 4.75. The van der Waals surface area contributed by atoms with E-state index in [9.17, 15) is 0 Å². The van der Waals surface area contributed by atoms with Gasteiger partial charge in [0.25, 0.3) is 0 Å². The Labute approximate surface area is 104 Å². The maximum Gasteiger partial charge on any atom is 0.183 e. The highest BCUT2D eigenvalue weighted by molar-refractivity contribution is 6.69. The van der Waals surface area contributed by atoms with Crippen LogP contribution >= 0.6 is 0 Å². The highest BCUT2D eigenvalue weighted by atomic mass is 28.4. The molecule has 0 aliphatic carbocycles. The highest BCUT2D eigenvalue weighted by Gasteiger charge is 2.15. The Morgan fingerprint density at radius 3 is 2.35 bits per heavy atom. The molecular formula is C13H19NO2Si. The zero-order valence-corrected chi connectivity index (χ0v) is 11.6. The molecule has 0 aliphatic heterocycles. The fourth-order valence-corrected chi connectivity index (χ4v) is 2.05. The number of benzene rings is 1. The van der Waals surface area contributed by atoms with E-state index in [2.05, 4.69) is 25.7 Å². The predicted molar refractivity (Wildman–Crippen MR) is 70.0 cm³/mol. The van der Waals surface area contributed by atoms with E-state index in [-0.39, 0.29) is 0 Å². The molecule has 4 heteroatoms. The number of hydrogen-bond acceptors (Lipinski definition) is 3. The Bertz CT molecular complexity index is 367. The summed E-state index contributed by atoms with van der Waals surface area (Å²) < 4.78 is 11.2. The van der Waals surface area contributed by atoms with Gasteiger partial charge >= 0.3 is 0 Å². The van der Waals surface area contributed by atoms with Crippen molar-refractivity contribution >= 4 is 8.32 Å². The Hall–Kier alpha value is -1.15. The van der Waals surface area contributed by atoms with Gasteiger partial charge in [-0.25, -0.2) is 0 Å². The van der Waals surface area contributed by atoms with Gasteiger partial charge in [-0.05, 0) is 25.2 Å². The number of ether oxygens (including phenoxy) is 1. The summed E-state index contributed by atoms with van der Waals surface area (Å²) in [5.74, 6) is 0. The molecule has 1 rings (SSSR count). The molecule has 0 N–H and O–H groups in total. The summed E-state index contributed by atoms with van der Waals surface area (Å²) in [7, 11) is -1.48. The van der Waals surface area contributed by atoms with Gasteiger partial charge in [-0.15, -0.1) is 0 Å². The number of rotatable bonds is 6. The molecule has 0 saturated heterocycles.